The van der Waals surface area contributed by atoms with Crippen LogP contribution in [0, 0.1) is 12.3 Å². The molecule has 4 rings (SSSR count). The molecule has 31 heavy (non-hydrogen) atoms. The zero-order valence-electron chi connectivity index (χ0n) is 17.8. The van der Waals surface area contributed by atoms with Gasteiger partial charge in [-0.05, 0) is 72.4 Å². The maximum Gasteiger partial charge on any atom is 0.335 e. The SMILES string of the molecule is Cc1ccc([S+](O)Nc2ccc(C3Nc4ccc(C(=O)O)cc4CC3(C)C)cc2)cc1. The van der Waals surface area contributed by atoms with Gasteiger partial charge < -0.3 is 10.4 Å². The number of rotatable bonds is 5. The number of aryl methyl sites for hydroxylation is 1. The van der Waals surface area contributed by atoms with Gasteiger partial charge in [0.15, 0.2) is 0 Å². The van der Waals surface area contributed by atoms with Gasteiger partial charge in [0.1, 0.15) is 0 Å². The van der Waals surface area contributed by atoms with Crippen molar-refractivity contribution in [2.24, 2.45) is 5.41 Å². The van der Waals surface area contributed by atoms with Crippen LogP contribution in [0.15, 0.2) is 71.6 Å². The van der Waals surface area contributed by atoms with Gasteiger partial charge in [0.05, 0.1) is 17.3 Å². The Morgan fingerprint density at radius 1 is 1.06 bits per heavy atom. The average Bonchev–Trinajstić information content (AvgIpc) is 2.73. The molecule has 0 spiro atoms. The lowest BCUT2D eigenvalue weighted by Gasteiger charge is -2.41. The van der Waals surface area contributed by atoms with E-state index in [1.54, 1.807) is 12.1 Å². The van der Waals surface area contributed by atoms with Crippen LogP contribution in [0.3, 0.4) is 0 Å². The van der Waals surface area contributed by atoms with E-state index in [-0.39, 0.29) is 11.5 Å². The third-order valence-electron chi connectivity index (χ3n) is 5.78. The van der Waals surface area contributed by atoms with E-state index in [0.29, 0.717) is 5.56 Å². The maximum absolute atomic E-state index is 11.3. The first-order chi connectivity index (χ1) is 14.7. The molecule has 3 aromatic carbocycles. The molecule has 1 aliphatic rings. The normalized spacial score (nSPS) is 17.9. The summed E-state index contributed by atoms with van der Waals surface area (Å²) in [5.74, 6) is -0.903. The van der Waals surface area contributed by atoms with Crippen LogP contribution < -0.4 is 10.0 Å². The first kappa shape index (κ1) is 21.3. The van der Waals surface area contributed by atoms with Crippen LogP contribution >= 0.6 is 0 Å². The molecule has 0 aromatic heterocycles. The molecule has 1 aliphatic heterocycles. The number of carbonyl (C=O) groups is 1. The Balaban J connectivity index is 1.51. The lowest BCUT2D eigenvalue weighted by Crippen LogP contribution is -2.35. The fraction of sp³-hybridized carbons (Fsp3) is 0.240. The quantitative estimate of drug-likeness (QED) is 0.375. The number of benzene rings is 3. The number of carboxylic acids is 1. The highest BCUT2D eigenvalue weighted by Crippen LogP contribution is 2.45. The number of fused-ring (bicyclic) bond motifs is 1. The zero-order valence-corrected chi connectivity index (χ0v) is 18.7. The van der Waals surface area contributed by atoms with Gasteiger partial charge in [0, 0.05) is 5.69 Å². The highest BCUT2D eigenvalue weighted by atomic mass is 32.2. The van der Waals surface area contributed by atoms with Crippen molar-refractivity contribution >= 4 is 28.7 Å². The molecule has 160 valence electrons. The van der Waals surface area contributed by atoms with E-state index in [4.69, 9.17) is 0 Å². The summed E-state index contributed by atoms with van der Waals surface area (Å²) >= 11 is -1.07. The van der Waals surface area contributed by atoms with E-state index < -0.39 is 17.3 Å². The highest BCUT2D eigenvalue weighted by Gasteiger charge is 2.36. The van der Waals surface area contributed by atoms with E-state index in [2.05, 4.69) is 36.0 Å². The molecule has 0 bridgehead atoms. The van der Waals surface area contributed by atoms with E-state index in [0.717, 1.165) is 39.4 Å². The number of nitrogens with one attached hydrogen (secondary N) is 2. The largest absolute Gasteiger partial charge is 0.478 e. The van der Waals surface area contributed by atoms with Crippen molar-refractivity contribution in [2.45, 2.75) is 38.1 Å². The summed E-state index contributed by atoms with van der Waals surface area (Å²) in [6.07, 6.45) is 0.786. The lowest BCUT2D eigenvalue weighted by molar-refractivity contribution is 0.0696. The van der Waals surface area contributed by atoms with Crippen LogP contribution in [0.5, 0.6) is 0 Å². The first-order valence-corrected chi connectivity index (χ1v) is 11.4. The smallest absolute Gasteiger partial charge is 0.335 e. The fourth-order valence-electron chi connectivity index (χ4n) is 4.07. The molecule has 3 aromatic rings. The molecule has 0 saturated carbocycles. The van der Waals surface area contributed by atoms with Crippen molar-refractivity contribution in [3.8, 4) is 0 Å². The topological polar surface area (TPSA) is 81.6 Å². The lowest BCUT2D eigenvalue weighted by atomic mass is 9.73. The molecule has 0 aliphatic carbocycles. The van der Waals surface area contributed by atoms with Gasteiger partial charge in [-0.3, -0.25) is 0 Å². The Labute approximate surface area is 185 Å². The molecule has 2 atom stereocenters. The third-order valence-corrected chi connectivity index (χ3v) is 6.93. The van der Waals surface area contributed by atoms with Crippen molar-refractivity contribution in [1.82, 2.24) is 0 Å². The van der Waals surface area contributed by atoms with Gasteiger partial charge in [-0.15, -0.1) is 0 Å². The van der Waals surface area contributed by atoms with Gasteiger partial charge in [-0.2, -0.15) is 9.27 Å². The standard InChI is InChI=1S/C25H26N2O3S/c1-16-4-11-21(12-5-16)31(30)27-20-9-6-17(7-10-20)23-25(2,3)15-19-14-18(24(28)29)8-13-22(19)26-23/h4-14,23,26-27,30H,15H2,1-3H3/p+1. The Kier molecular flexibility index (Phi) is 5.69. The molecule has 0 amide bonds. The van der Waals surface area contributed by atoms with Gasteiger partial charge >= 0.3 is 17.3 Å². The number of aromatic carboxylic acids is 1. The predicted octanol–water partition coefficient (Wildman–Crippen LogP) is 5.91. The van der Waals surface area contributed by atoms with Crippen LogP contribution in [0.1, 0.15) is 46.9 Å². The van der Waals surface area contributed by atoms with Gasteiger partial charge in [-0.1, -0.05) is 43.7 Å². The van der Waals surface area contributed by atoms with Gasteiger partial charge in [0.25, 0.3) is 0 Å². The summed E-state index contributed by atoms with van der Waals surface area (Å²) < 4.78 is 13.7. The summed E-state index contributed by atoms with van der Waals surface area (Å²) in [4.78, 5) is 12.2. The molecule has 2 unspecified atom stereocenters. The number of hydrogen-bond acceptors (Lipinski definition) is 4. The van der Waals surface area contributed by atoms with Crippen LogP contribution in [0.25, 0.3) is 0 Å². The molecule has 5 nitrogen and oxygen atoms in total. The molecule has 4 N–H and O–H groups in total. The third kappa shape index (κ3) is 4.55. The van der Waals surface area contributed by atoms with Crippen LogP contribution in [0.4, 0.5) is 11.4 Å². The zero-order chi connectivity index (χ0) is 22.2. The van der Waals surface area contributed by atoms with E-state index in [1.807, 2.05) is 49.4 Å². The molecule has 6 heteroatoms. The highest BCUT2D eigenvalue weighted by molar-refractivity contribution is 7.92. The summed E-state index contributed by atoms with van der Waals surface area (Å²) in [5.41, 5.74) is 5.40. The maximum atomic E-state index is 11.3. The van der Waals surface area contributed by atoms with Crippen molar-refractivity contribution in [2.75, 3.05) is 10.0 Å². The van der Waals surface area contributed by atoms with Gasteiger partial charge in [-0.25, -0.2) is 4.79 Å². The Morgan fingerprint density at radius 3 is 2.39 bits per heavy atom. The second-order valence-electron chi connectivity index (χ2n) is 8.74. The molecular formula is C25H27N2O3S+. The van der Waals surface area contributed by atoms with Crippen LogP contribution in [-0.4, -0.2) is 15.6 Å². The number of anilines is 2. The van der Waals surface area contributed by atoms with Crippen molar-refractivity contribution in [3.63, 3.8) is 0 Å². The van der Waals surface area contributed by atoms with Crippen molar-refractivity contribution in [1.29, 1.82) is 0 Å². The molecule has 0 saturated heterocycles. The minimum Gasteiger partial charge on any atom is -0.478 e. The number of carboxylic acid groups (broad SMARTS) is 1. The molecule has 0 fully saturated rings. The Hall–Kier alpha value is -2.96. The number of hydrogen-bond donors (Lipinski definition) is 4. The second-order valence-corrected chi connectivity index (χ2v) is 9.99. The second kappa shape index (κ2) is 8.29. The summed E-state index contributed by atoms with van der Waals surface area (Å²) in [6.45, 7) is 6.40. The fourth-order valence-corrected chi connectivity index (χ4v) is 4.94. The summed E-state index contributed by atoms with van der Waals surface area (Å²) in [7, 11) is 0. The monoisotopic (exact) mass is 435 g/mol. The van der Waals surface area contributed by atoms with Crippen LogP contribution in [0.2, 0.25) is 0 Å². The average molecular weight is 436 g/mol. The van der Waals surface area contributed by atoms with E-state index in [1.165, 1.54) is 0 Å². The molecule has 0 radical (unpaired) electrons. The van der Waals surface area contributed by atoms with Gasteiger partial charge in [0.2, 0.25) is 4.90 Å². The van der Waals surface area contributed by atoms with E-state index >= 15 is 0 Å². The first-order valence-electron chi connectivity index (χ1n) is 10.2. The molecular weight excluding hydrogens is 408 g/mol. The van der Waals surface area contributed by atoms with Crippen molar-refractivity contribution < 1.29 is 14.5 Å². The van der Waals surface area contributed by atoms with Crippen LogP contribution in [-0.2, 0) is 17.8 Å². The Bertz CT molecular complexity index is 1090. The minimum absolute atomic E-state index is 0.0919. The molecule has 1 heterocycles. The van der Waals surface area contributed by atoms with E-state index in [9.17, 15) is 14.5 Å². The summed E-state index contributed by atoms with van der Waals surface area (Å²) in [5, 5.41) is 12.9. The minimum atomic E-state index is -1.07. The Morgan fingerprint density at radius 2 is 1.74 bits per heavy atom. The van der Waals surface area contributed by atoms with Crippen molar-refractivity contribution in [3.05, 3.63) is 89.0 Å². The summed E-state index contributed by atoms with van der Waals surface area (Å²) in [6, 6.07) is 21.3. The predicted molar refractivity (Wildman–Crippen MR) is 127 cm³/mol.